The smallest absolute Gasteiger partial charge is 0.323 e. The van der Waals surface area contributed by atoms with Crippen LogP contribution in [0.1, 0.15) is 12.5 Å². The molecule has 166 valence electrons. The molecule has 3 aromatic rings. The van der Waals surface area contributed by atoms with Crippen LogP contribution in [0.15, 0.2) is 96.2 Å². The van der Waals surface area contributed by atoms with Crippen molar-refractivity contribution in [3.63, 3.8) is 0 Å². The fraction of sp³-hybridized carbons (Fsp3) is 0.200. The highest BCUT2D eigenvalue weighted by Gasteiger charge is 2.41. The highest BCUT2D eigenvalue weighted by atomic mass is 31.2. The van der Waals surface area contributed by atoms with E-state index in [1.807, 2.05) is 66.7 Å². The molecule has 2 atom stereocenters. The third-order valence-electron chi connectivity index (χ3n) is 5.32. The number of methoxy groups -OCH3 is 1. The molecule has 3 rings (SSSR count). The van der Waals surface area contributed by atoms with Crippen LogP contribution in [0.2, 0.25) is 0 Å². The van der Waals surface area contributed by atoms with Gasteiger partial charge < -0.3 is 14.5 Å². The minimum atomic E-state index is -3.43. The minimum absolute atomic E-state index is 0.211. The van der Waals surface area contributed by atoms with Crippen molar-refractivity contribution >= 4 is 29.4 Å². The number of carbonyl (C=O) groups excluding carboxylic acids is 1. The summed E-state index contributed by atoms with van der Waals surface area (Å²) in [5, 5.41) is 17.5. The highest BCUT2D eigenvalue weighted by molar-refractivity contribution is 7.80. The molecule has 1 unspecified atom stereocenters. The molecule has 0 bridgehead atoms. The molecule has 0 saturated carbocycles. The van der Waals surface area contributed by atoms with Gasteiger partial charge in [-0.05, 0) is 18.9 Å². The van der Waals surface area contributed by atoms with E-state index in [4.69, 9.17) is 4.74 Å². The average Bonchev–Trinajstić information content (AvgIpc) is 2.86. The van der Waals surface area contributed by atoms with Gasteiger partial charge in [-0.15, -0.1) is 0 Å². The minimum Gasteiger partial charge on any atom is -0.468 e. The Balaban J connectivity index is 2.11. The third kappa shape index (κ3) is 5.16. The molecular weight excluding hydrogens is 423 g/mol. The first-order valence-corrected chi connectivity index (χ1v) is 12.1. The Morgan fingerprint density at radius 1 is 0.938 bits per heavy atom. The SMILES string of the molecule is COC(=O)[C@H](Cc1ccccc1)NC(/C(C)=N/O)P(=O)(c1ccccc1)c1ccccc1. The zero-order valence-corrected chi connectivity index (χ0v) is 19.0. The summed E-state index contributed by atoms with van der Waals surface area (Å²) in [5.74, 6) is -1.41. The number of rotatable bonds is 9. The number of ether oxygens (including phenoxy) is 1. The molecule has 0 amide bonds. The summed E-state index contributed by atoms with van der Waals surface area (Å²) in [4.78, 5) is 12.7. The van der Waals surface area contributed by atoms with Crippen LogP contribution in [0.3, 0.4) is 0 Å². The van der Waals surface area contributed by atoms with Crippen molar-refractivity contribution in [1.29, 1.82) is 0 Å². The van der Waals surface area contributed by atoms with Gasteiger partial charge in [0.15, 0.2) is 7.14 Å². The van der Waals surface area contributed by atoms with E-state index in [1.165, 1.54) is 7.11 Å². The largest absolute Gasteiger partial charge is 0.468 e. The second-order valence-corrected chi connectivity index (χ2v) is 10.3. The van der Waals surface area contributed by atoms with Crippen molar-refractivity contribution < 1.29 is 19.3 Å². The van der Waals surface area contributed by atoms with E-state index in [9.17, 15) is 14.6 Å². The van der Waals surface area contributed by atoms with Gasteiger partial charge in [0.2, 0.25) is 0 Å². The molecule has 0 aromatic heterocycles. The summed E-state index contributed by atoms with van der Waals surface area (Å²) >= 11 is 0. The van der Waals surface area contributed by atoms with Crippen molar-refractivity contribution in [2.75, 3.05) is 7.11 Å². The van der Waals surface area contributed by atoms with E-state index < -0.39 is 24.9 Å². The Kier molecular flexibility index (Phi) is 7.98. The predicted octanol–water partition coefficient (Wildman–Crippen LogP) is 3.55. The predicted molar refractivity (Wildman–Crippen MR) is 128 cm³/mol. The fourth-order valence-electron chi connectivity index (χ4n) is 3.68. The quantitative estimate of drug-likeness (QED) is 0.171. The Morgan fingerprint density at radius 3 is 1.84 bits per heavy atom. The number of nitrogens with one attached hydrogen (secondary N) is 1. The van der Waals surface area contributed by atoms with Gasteiger partial charge in [-0.2, -0.15) is 0 Å². The van der Waals surface area contributed by atoms with Gasteiger partial charge >= 0.3 is 5.97 Å². The van der Waals surface area contributed by atoms with E-state index in [0.29, 0.717) is 17.0 Å². The summed E-state index contributed by atoms with van der Waals surface area (Å²) in [6.07, 6.45) is 0.326. The summed E-state index contributed by atoms with van der Waals surface area (Å²) in [5.41, 5.74) is 1.13. The van der Waals surface area contributed by atoms with Gasteiger partial charge in [0, 0.05) is 10.6 Å². The van der Waals surface area contributed by atoms with Crippen LogP contribution < -0.4 is 15.9 Å². The molecular formula is C25H27N2O4P. The number of esters is 1. The van der Waals surface area contributed by atoms with Gasteiger partial charge in [0.1, 0.15) is 11.8 Å². The number of hydrogen-bond acceptors (Lipinski definition) is 6. The molecule has 2 N–H and O–H groups in total. The Bertz CT molecular complexity index is 1050. The molecule has 0 aliphatic heterocycles. The summed E-state index contributed by atoms with van der Waals surface area (Å²) in [6.45, 7) is 1.59. The van der Waals surface area contributed by atoms with E-state index in [0.717, 1.165) is 5.56 Å². The summed E-state index contributed by atoms with van der Waals surface area (Å²) < 4.78 is 19.8. The van der Waals surface area contributed by atoms with Crippen LogP contribution in [-0.2, 0) is 20.5 Å². The van der Waals surface area contributed by atoms with E-state index >= 15 is 0 Å². The van der Waals surface area contributed by atoms with Crippen LogP contribution in [-0.4, -0.2) is 35.8 Å². The van der Waals surface area contributed by atoms with Gasteiger partial charge in [0.25, 0.3) is 0 Å². The Morgan fingerprint density at radius 2 is 1.41 bits per heavy atom. The van der Waals surface area contributed by atoms with Crippen LogP contribution >= 0.6 is 7.14 Å². The highest BCUT2D eigenvalue weighted by Crippen LogP contribution is 2.48. The van der Waals surface area contributed by atoms with Crippen LogP contribution in [0.4, 0.5) is 0 Å². The molecule has 0 aliphatic rings. The van der Waals surface area contributed by atoms with Gasteiger partial charge in [0.05, 0.1) is 12.8 Å². The second kappa shape index (κ2) is 10.9. The number of carbonyl (C=O) groups is 1. The first-order valence-electron chi connectivity index (χ1n) is 10.3. The lowest BCUT2D eigenvalue weighted by atomic mass is 10.1. The first-order chi connectivity index (χ1) is 15.5. The molecule has 32 heavy (non-hydrogen) atoms. The average molecular weight is 450 g/mol. The fourth-order valence-corrected chi connectivity index (χ4v) is 6.77. The molecule has 7 heteroatoms. The van der Waals surface area contributed by atoms with Crippen LogP contribution in [0, 0.1) is 0 Å². The van der Waals surface area contributed by atoms with Gasteiger partial charge in [-0.3, -0.25) is 10.1 Å². The number of nitrogens with zero attached hydrogens (tertiary/aromatic N) is 1. The van der Waals surface area contributed by atoms with Crippen molar-refractivity contribution in [1.82, 2.24) is 5.32 Å². The van der Waals surface area contributed by atoms with Crippen molar-refractivity contribution in [2.24, 2.45) is 5.16 Å². The van der Waals surface area contributed by atoms with Crippen LogP contribution in [0.5, 0.6) is 0 Å². The molecule has 0 heterocycles. The molecule has 6 nitrogen and oxygen atoms in total. The number of hydrogen-bond donors (Lipinski definition) is 2. The van der Waals surface area contributed by atoms with Crippen molar-refractivity contribution in [2.45, 2.75) is 25.2 Å². The van der Waals surface area contributed by atoms with Gasteiger partial charge in [-0.1, -0.05) is 96.2 Å². The van der Waals surface area contributed by atoms with E-state index in [2.05, 4.69) is 10.5 Å². The van der Waals surface area contributed by atoms with Crippen molar-refractivity contribution in [3.05, 3.63) is 96.6 Å². The maximum absolute atomic E-state index is 14.8. The summed E-state index contributed by atoms with van der Waals surface area (Å²) in [6, 6.07) is 26.8. The zero-order chi connectivity index (χ0) is 23.0. The molecule has 0 saturated heterocycles. The zero-order valence-electron chi connectivity index (χ0n) is 18.1. The molecule has 0 fully saturated rings. The molecule has 0 radical (unpaired) electrons. The maximum atomic E-state index is 14.8. The Labute approximate surface area is 188 Å². The standard InChI is InChI=1S/C25H27N2O4P/c1-19(27-29)24(26-23(25(28)31-2)18-20-12-6-3-7-13-20)32(30,21-14-8-4-9-15-21)22-16-10-5-11-17-22/h3-17,23-24,26,29H,18H2,1-2H3/b27-19+/t23-,24?/m0/s1. The number of benzene rings is 3. The van der Waals surface area contributed by atoms with E-state index in [1.54, 1.807) is 31.2 Å². The number of oxime groups is 1. The lowest BCUT2D eigenvalue weighted by molar-refractivity contribution is -0.143. The van der Waals surface area contributed by atoms with Crippen molar-refractivity contribution in [3.8, 4) is 0 Å². The lowest BCUT2D eigenvalue weighted by Crippen LogP contribution is -2.50. The Hall–Kier alpha value is -3.21. The second-order valence-electron chi connectivity index (χ2n) is 7.41. The monoisotopic (exact) mass is 450 g/mol. The lowest BCUT2D eigenvalue weighted by Gasteiger charge is -2.31. The maximum Gasteiger partial charge on any atom is 0.323 e. The summed E-state index contributed by atoms with van der Waals surface area (Å²) in [7, 11) is -2.11. The van der Waals surface area contributed by atoms with Crippen LogP contribution in [0.25, 0.3) is 0 Å². The molecule has 3 aromatic carbocycles. The topological polar surface area (TPSA) is 88.0 Å². The third-order valence-corrected chi connectivity index (χ3v) is 8.70. The van der Waals surface area contributed by atoms with E-state index in [-0.39, 0.29) is 5.71 Å². The first kappa shape index (κ1) is 23.5. The van der Waals surface area contributed by atoms with Gasteiger partial charge in [-0.25, -0.2) is 0 Å². The molecule has 0 aliphatic carbocycles. The molecule has 0 spiro atoms. The normalized spacial score (nSPS) is 13.9.